The third-order valence-electron chi connectivity index (χ3n) is 4.68. The molecule has 0 spiro atoms. The fourth-order valence-electron chi connectivity index (χ4n) is 3.30. The van der Waals surface area contributed by atoms with Crippen LogP contribution in [0.1, 0.15) is 36.5 Å². The van der Waals surface area contributed by atoms with Crippen molar-refractivity contribution in [3.63, 3.8) is 0 Å². The summed E-state index contributed by atoms with van der Waals surface area (Å²) in [6, 6.07) is 14.5. The van der Waals surface area contributed by atoms with E-state index in [1.165, 1.54) is 12.8 Å². The van der Waals surface area contributed by atoms with E-state index in [2.05, 4.69) is 21.6 Å². The maximum absolute atomic E-state index is 12.3. The van der Waals surface area contributed by atoms with Crippen molar-refractivity contribution in [2.75, 3.05) is 29.0 Å². The van der Waals surface area contributed by atoms with Crippen LogP contribution < -0.4 is 21.3 Å². The number of nitrogens with zero attached hydrogens (tertiary/aromatic N) is 1. The van der Waals surface area contributed by atoms with Crippen LogP contribution in [0.25, 0.3) is 0 Å². The zero-order valence-corrected chi connectivity index (χ0v) is 15.6. The molecule has 0 radical (unpaired) electrons. The lowest BCUT2D eigenvalue weighted by Crippen LogP contribution is -2.35. The molecule has 1 heterocycles. The number of amides is 2. The molecular weight excluding hydrogens is 340 g/mol. The van der Waals surface area contributed by atoms with Gasteiger partial charge in [-0.3, -0.25) is 9.59 Å². The Morgan fingerprint density at radius 3 is 2.59 bits per heavy atom. The minimum absolute atomic E-state index is 0.137. The Kier molecular flexibility index (Phi) is 5.96. The molecule has 4 N–H and O–H groups in total. The van der Waals surface area contributed by atoms with Crippen molar-refractivity contribution >= 4 is 28.9 Å². The first-order valence-corrected chi connectivity index (χ1v) is 9.33. The Bertz CT molecular complexity index is 815. The second kappa shape index (κ2) is 8.58. The second-order valence-corrected chi connectivity index (χ2v) is 6.96. The topological polar surface area (TPSA) is 87.5 Å². The summed E-state index contributed by atoms with van der Waals surface area (Å²) in [7, 11) is 0. The van der Waals surface area contributed by atoms with Gasteiger partial charge in [-0.1, -0.05) is 18.2 Å². The minimum Gasteiger partial charge on any atom is -0.398 e. The molecule has 1 atom stereocenters. The number of carbonyl (C=O) groups is 2. The molecule has 2 amide bonds. The molecule has 0 aliphatic carbocycles. The van der Waals surface area contributed by atoms with Gasteiger partial charge < -0.3 is 21.3 Å². The SMILES string of the molecule is CC(CC(=O)Nc1cccc(N2CCCC2)c1)NC(=O)c1ccccc1N. The minimum atomic E-state index is -0.307. The van der Waals surface area contributed by atoms with Crippen molar-refractivity contribution in [3.05, 3.63) is 54.1 Å². The average Bonchev–Trinajstić information content (AvgIpc) is 3.16. The summed E-state index contributed by atoms with van der Waals surface area (Å²) in [5.41, 5.74) is 8.57. The van der Waals surface area contributed by atoms with Crippen LogP contribution in [0.4, 0.5) is 17.1 Å². The van der Waals surface area contributed by atoms with E-state index < -0.39 is 0 Å². The quantitative estimate of drug-likeness (QED) is 0.686. The lowest BCUT2D eigenvalue weighted by molar-refractivity contribution is -0.116. The van der Waals surface area contributed by atoms with Crippen LogP contribution in [-0.4, -0.2) is 30.9 Å². The third kappa shape index (κ3) is 5.00. The van der Waals surface area contributed by atoms with E-state index >= 15 is 0 Å². The first-order valence-electron chi connectivity index (χ1n) is 9.33. The molecule has 6 heteroatoms. The Hall–Kier alpha value is -3.02. The molecule has 1 unspecified atom stereocenters. The number of para-hydroxylation sites is 1. The highest BCUT2D eigenvalue weighted by Gasteiger charge is 2.16. The highest BCUT2D eigenvalue weighted by Crippen LogP contribution is 2.23. The molecule has 1 fully saturated rings. The summed E-state index contributed by atoms with van der Waals surface area (Å²) in [5.74, 6) is -0.410. The molecule has 0 bridgehead atoms. The molecule has 3 rings (SSSR count). The molecule has 27 heavy (non-hydrogen) atoms. The molecule has 1 saturated heterocycles. The predicted octanol–water partition coefficient (Wildman–Crippen LogP) is 3.02. The summed E-state index contributed by atoms with van der Waals surface area (Å²) >= 11 is 0. The van der Waals surface area contributed by atoms with Gasteiger partial charge in [-0.25, -0.2) is 0 Å². The van der Waals surface area contributed by atoms with E-state index in [0.29, 0.717) is 11.3 Å². The predicted molar refractivity (Wildman–Crippen MR) is 109 cm³/mol. The van der Waals surface area contributed by atoms with Crippen molar-refractivity contribution < 1.29 is 9.59 Å². The third-order valence-corrected chi connectivity index (χ3v) is 4.68. The van der Waals surface area contributed by atoms with Crippen LogP contribution in [0.3, 0.4) is 0 Å². The zero-order valence-electron chi connectivity index (χ0n) is 15.6. The highest BCUT2D eigenvalue weighted by atomic mass is 16.2. The fraction of sp³-hybridized carbons (Fsp3) is 0.333. The summed E-state index contributed by atoms with van der Waals surface area (Å²) in [6.07, 6.45) is 2.60. The van der Waals surface area contributed by atoms with Crippen LogP contribution in [0.5, 0.6) is 0 Å². The van der Waals surface area contributed by atoms with E-state index in [1.807, 2.05) is 18.2 Å². The van der Waals surface area contributed by atoms with Gasteiger partial charge in [-0.05, 0) is 50.1 Å². The van der Waals surface area contributed by atoms with Crippen LogP contribution in [0.15, 0.2) is 48.5 Å². The van der Waals surface area contributed by atoms with E-state index in [0.717, 1.165) is 24.5 Å². The molecule has 1 aliphatic heterocycles. The molecule has 2 aromatic rings. The Labute approximate surface area is 159 Å². The van der Waals surface area contributed by atoms with Gasteiger partial charge in [0, 0.05) is 42.6 Å². The first-order chi connectivity index (χ1) is 13.0. The van der Waals surface area contributed by atoms with Crippen molar-refractivity contribution in [2.24, 2.45) is 0 Å². The summed E-state index contributed by atoms with van der Waals surface area (Å²) < 4.78 is 0. The normalized spacial score (nSPS) is 14.6. The summed E-state index contributed by atoms with van der Waals surface area (Å²) in [4.78, 5) is 26.9. The van der Waals surface area contributed by atoms with Gasteiger partial charge in [0.1, 0.15) is 0 Å². The molecule has 2 aromatic carbocycles. The summed E-state index contributed by atoms with van der Waals surface area (Å²) in [5, 5.41) is 5.74. The average molecular weight is 366 g/mol. The van der Waals surface area contributed by atoms with Crippen molar-refractivity contribution in [3.8, 4) is 0 Å². The molecule has 0 aromatic heterocycles. The number of nitrogens with two attached hydrogens (primary N) is 1. The number of rotatable bonds is 6. The van der Waals surface area contributed by atoms with Gasteiger partial charge >= 0.3 is 0 Å². The van der Waals surface area contributed by atoms with Crippen molar-refractivity contribution in [1.82, 2.24) is 5.32 Å². The molecular formula is C21H26N4O2. The van der Waals surface area contributed by atoms with E-state index in [-0.39, 0.29) is 24.3 Å². The van der Waals surface area contributed by atoms with Gasteiger partial charge in [0.2, 0.25) is 5.91 Å². The second-order valence-electron chi connectivity index (χ2n) is 6.96. The maximum Gasteiger partial charge on any atom is 0.253 e. The standard InChI is InChI=1S/C21H26N4O2/c1-15(23-21(27)18-9-2-3-10-19(18)22)13-20(26)24-16-7-6-8-17(14-16)25-11-4-5-12-25/h2-3,6-10,14-15H,4-5,11-13,22H2,1H3,(H,23,27)(H,24,26). The molecule has 0 saturated carbocycles. The van der Waals surface area contributed by atoms with E-state index in [4.69, 9.17) is 5.73 Å². The van der Waals surface area contributed by atoms with E-state index in [9.17, 15) is 9.59 Å². The number of hydrogen-bond donors (Lipinski definition) is 3. The smallest absolute Gasteiger partial charge is 0.253 e. The molecule has 6 nitrogen and oxygen atoms in total. The monoisotopic (exact) mass is 366 g/mol. The molecule has 142 valence electrons. The van der Waals surface area contributed by atoms with Gasteiger partial charge in [0.15, 0.2) is 0 Å². The lowest BCUT2D eigenvalue weighted by Gasteiger charge is -2.19. The Morgan fingerprint density at radius 2 is 1.85 bits per heavy atom. The lowest BCUT2D eigenvalue weighted by atomic mass is 10.1. The Balaban J connectivity index is 1.53. The maximum atomic E-state index is 12.3. The Morgan fingerprint density at radius 1 is 1.11 bits per heavy atom. The van der Waals surface area contributed by atoms with Gasteiger partial charge in [-0.15, -0.1) is 0 Å². The van der Waals surface area contributed by atoms with E-state index in [1.54, 1.807) is 31.2 Å². The highest BCUT2D eigenvalue weighted by molar-refractivity contribution is 5.99. The van der Waals surface area contributed by atoms with Gasteiger partial charge in [-0.2, -0.15) is 0 Å². The first kappa shape index (κ1) is 18.8. The number of carbonyl (C=O) groups excluding carboxylic acids is 2. The fourth-order valence-corrected chi connectivity index (χ4v) is 3.30. The van der Waals surface area contributed by atoms with Crippen LogP contribution >= 0.6 is 0 Å². The van der Waals surface area contributed by atoms with Crippen molar-refractivity contribution in [1.29, 1.82) is 0 Å². The zero-order chi connectivity index (χ0) is 19.2. The van der Waals surface area contributed by atoms with Crippen molar-refractivity contribution in [2.45, 2.75) is 32.2 Å². The number of nitrogen functional groups attached to an aromatic ring is 1. The largest absolute Gasteiger partial charge is 0.398 e. The van der Waals surface area contributed by atoms with Gasteiger partial charge in [0.25, 0.3) is 5.91 Å². The van der Waals surface area contributed by atoms with Crippen LogP contribution in [0, 0.1) is 0 Å². The molecule has 1 aliphatic rings. The number of nitrogens with one attached hydrogen (secondary N) is 2. The number of anilines is 3. The van der Waals surface area contributed by atoms with Crippen LogP contribution in [0.2, 0.25) is 0 Å². The number of benzene rings is 2. The summed E-state index contributed by atoms with van der Waals surface area (Å²) in [6.45, 7) is 3.92. The van der Waals surface area contributed by atoms with Crippen LogP contribution in [-0.2, 0) is 4.79 Å². The number of hydrogen-bond acceptors (Lipinski definition) is 4. The van der Waals surface area contributed by atoms with Gasteiger partial charge in [0.05, 0.1) is 5.56 Å².